The molecule has 0 aromatic heterocycles. The van der Waals surface area contributed by atoms with Gasteiger partial charge in [-0.25, -0.2) is 4.79 Å². The van der Waals surface area contributed by atoms with Crippen LogP contribution in [0.15, 0.2) is 22.7 Å². The highest BCUT2D eigenvalue weighted by Gasteiger charge is 2.18. The van der Waals surface area contributed by atoms with Crippen molar-refractivity contribution in [2.75, 3.05) is 11.9 Å². The van der Waals surface area contributed by atoms with Gasteiger partial charge in [0.1, 0.15) is 11.6 Å². The lowest BCUT2D eigenvalue weighted by molar-refractivity contribution is -0.118. The van der Waals surface area contributed by atoms with Gasteiger partial charge in [-0.2, -0.15) is 0 Å². The number of rotatable bonds is 6. The Bertz CT molecular complexity index is 576. The number of halogens is 2. The lowest BCUT2D eigenvalue weighted by atomic mass is 10.1. The fraction of sp³-hybridized carbons (Fsp3) is 0.467. The largest absolute Gasteiger partial charge is 0.444 e. The van der Waals surface area contributed by atoms with Gasteiger partial charge in [-0.15, -0.1) is 0 Å². The zero-order valence-corrected chi connectivity index (χ0v) is 15.6. The molecule has 0 fully saturated rings. The molecule has 0 heterocycles. The van der Waals surface area contributed by atoms with Crippen LogP contribution in [-0.2, 0) is 9.53 Å². The molecule has 4 N–H and O–H groups in total. The maximum absolute atomic E-state index is 11.6. The molecule has 1 rings (SSSR count). The number of nitrogens with one attached hydrogen (secondary N) is 2. The first-order chi connectivity index (χ1) is 10.6. The molecule has 1 aromatic carbocycles. The zero-order chi connectivity index (χ0) is 17.6. The minimum absolute atomic E-state index is 0.254. The molecule has 1 aromatic rings. The number of ether oxygens (including phenoxy) is 1. The van der Waals surface area contributed by atoms with E-state index in [4.69, 9.17) is 22.1 Å². The van der Waals surface area contributed by atoms with E-state index in [9.17, 15) is 9.59 Å². The van der Waals surface area contributed by atoms with Crippen LogP contribution < -0.4 is 16.4 Å². The summed E-state index contributed by atoms with van der Waals surface area (Å²) in [7, 11) is 0. The molecular weight excluding hydrogens is 386 g/mol. The number of nitrogens with two attached hydrogens (primary N) is 1. The molecule has 0 saturated carbocycles. The van der Waals surface area contributed by atoms with E-state index in [1.54, 1.807) is 39.0 Å². The summed E-state index contributed by atoms with van der Waals surface area (Å²) < 4.78 is 5.83. The normalized spacial score (nSPS) is 12.4. The molecule has 1 unspecified atom stereocenters. The second-order valence-corrected chi connectivity index (χ2v) is 7.21. The van der Waals surface area contributed by atoms with Crippen LogP contribution in [0.2, 0.25) is 5.02 Å². The average molecular weight is 407 g/mol. The Kier molecular flexibility index (Phi) is 7.15. The summed E-state index contributed by atoms with van der Waals surface area (Å²) in [5, 5.41) is 6.17. The van der Waals surface area contributed by atoms with Gasteiger partial charge < -0.3 is 21.1 Å². The summed E-state index contributed by atoms with van der Waals surface area (Å²) in [5.74, 6) is -0.512. The van der Waals surface area contributed by atoms with Crippen molar-refractivity contribution in [3.05, 3.63) is 27.7 Å². The summed E-state index contributed by atoms with van der Waals surface area (Å²) in [6, 6.07) is 4.56. The van der Waals surface area contributed by atoms with E-state index < -0.39 is 23.6 Å². The lowest BCUT2D eigenvalue weighted by Gasteiger charge is -2.21. The van der Waals surface area contributed by atoms with Crippen LogP contribution in [0.25, 0.3) is 0 Å². The highest BCUT2D eigenvalue weighted by Crippen LogP contribution is 2.26. The molecule has 8 heteroatoms. The van der Waals surface area contributed by atoms with Gasteiger partial charge in [-0.3, -0.25) is 4.79 Å². The molecule has 0 aliphatic carbocycles. The molecule has 0 radical (unpaired) electrons. The number of hydrogen-bond donors (Lipinski definition) is 3. The van der Waals surface area contributed by atoms with Crippen molar-refractivity contribution in [1.29, 1.82) is 0 Å². The van der Waals surface area contributed by atoms with Gasteiger partial charge >= 0.3 is 6.09 Å². The smallest absolute Gasteiger partial charge is 0.407 e. The van der Waals surface area contributed by atoms with E-state index in [1.165, 1.54) is 0 Å². The van der Waals surface area contributed by atoms with Gasteiger partial charge in [0.25, 0.3) is 0 Å². The van der Waals surface area contributed by atoms with Gasteiger partial charge in [0.2, 0.25) is 5.91 Å². The molecule has 0 aliphatic heterocycles. The molecule has 0 saturated heterocycles. The van der Waals surface area contributed by atoms with E-state index in [2.05, 4.69) is 26.6 Å². The van der Waals surface area contributed by atoms with Crippen LogP contribution in [0.4, 0.5) is 10.5 Å². The third-order valence-corrected chi connectivity index (χ3v) is 3.92. The van der Waals surface area contributed by atoms with Crippen LogP contribution in [0.3, 0.4) is 0 Å². The van der Waals surface area contributed by atoms with E-state index in [0.717, 1.165) is 0 Å². The fourth-order valence-electron chi connectivity index (χ4n) is 1.71. The predicted molar refractivity (Wildman–Crippen MR) is 94.6 cm³/mol. The predicted octanol–water partition coefficient (Wildman–Crippen LogP) is 3.28. The summed E-state index contributed by atoms with van der Waals surface area (Å²) >= 11 is 9.23. The quantitative estimate of drug-likeness (QED) is 0.676. The summed E-state index contributed by atoms with van der Waals surface area (Å²) in [4.78, 5) is 23.1. The van der Waals surface area contributed by atoms with Crippen molar-refractivity contribution in [2.24, 2.45) is 5.73 Å². The molecule has 0 bridgehead atoms. The van der Waals surface area contributed by atoms with Crippen LogP contribution >= 0.6 is 27.5 Å². The number of hydrogen-bond acceptors (Lipinski definition) is 4. The molecular formula is C15H21BrClN3O3. The Morgan fingerprint density at radius 3 is 2.57 bits per heavy atom. The van der Waals surface area contributed by atoms with Crippen LogP contribution in [0.1, 0.15) is 27.2 Å². The number of primary amides is 1. The standard InChI is InChI=1S/C15H21BrClN3O3/c1-15(2,3)23-14(22)19-7-6-12(13(18)21)20-9-4-5-11(17)10(16)8-9/h4-5,8,12,20H,6-7H2,1-3H3,(H2,18,21)(H,19,22). The Hall–Kier alpha value is -1.47. The van der Waals surface area contributed by atoms with E-state index in [1.807, 2.05) is 0 Å². The first-order valence-corrected chi connectivity index (χ1v) is 8.23. The summed E-state index contributed by atoms with van der Waals surface area (Å²) in [5.41, 5.74) is 5.52. The molecule has 128 valence electrons. The average Bonchev–Trinajstić information content (AvgIpc) is 2.39. The van der Waals surface area contributed by atoms with Gasteiger partial charge in [0.05, 0.1) is 5.02 Å². The topological polar surface area (TPSA) is 93.4 Å². The van der Waals surface area contributed by atoms with Crippen LogP contribution in [0.5, 0.6) is 0 Å². The molecule has 0 spiro atoms. The molecule has 1 atom stereocenters. The second kappa shape index (κ2) is 8.40. The van der Waals surface area contributed by atoms with E-state index >= 15 is 0 Å². The van der Waals surface area contributed by atoms with Crippen molar-refractivity contribution in [1.82, 2.24) is 5.32 Å². The van der Waals surface area contributed by atoms with E-state index in [-0.39, 0.29) is 6.54 Å². The summed E-state index contributed by atoms with van der Waals surface area (Å²) in [6.45, 7) is 5.58. The third kappa shape index (κ3) is 7.56. The lowest BCUT2D eigenvalue weighted by Crippen LogP contribution is -2.40. The van der Waals surface area contributed by atoms with Crippen molar-refractivity contribution in [2.45, 2.75) is 38.8 Å². The van der Waals surface area contributed by atoms with Gasteiger partial charge in [-0.05, 0) is 61.3 Å². The zero-order valence-electron chi connectivity index (χ0n) is 13.3. The number of amides is 2. The first-order valence-electron chi connectivity index (χ1n) is 7.06. The number of carbonyl (C=O) groups is 2. The number of anilines is 1. The Balaban J connectivity index is 2.54. The molecule has 23 heavy (non-hydrogen) atoms. The van der Waals surface area contributed by atoms with Crippen molar-refractivity contribution in [3.8, 4) is 0 Å². The third-order valence-electron chi connectivity index (χ3n) is 2.71. The second-order valence-electron chi connectivity index (χ2n) is 5.95. The van der Waals surface area contributed by atoms with Crippen LogP contribution in [-0.4, -0.2) is 30.2 Å². The minimum atomic E-state index is -0.627. The monoisotopic (exact) mass is 405 g/mol. The highest BCUT2D eigenvalue weighted by molar-refractivity contribution is 9.10. The van der Waals surface area contributed by atoms with Crippen molar-refractivity contribution < 1.29 is 14.3 Å². The van der Waals surface area contributed by atoms with Gasteiger partial charge in [0.15, 0.2) is 0 Å². The number of alkyl carbamates (subject to hydrolysis) is 1. The molecule has 0 aliphatic rings. The summed E-state index contributed by atoms with van der Waals surface area (Å²) in [6.07, 6.45) is -0.204. The Morgan fingerprint density at radius 1 is 1.39 bits per heavy atom. The Morgan fingerprint density at radius 2 is 2.04 bits per heavy atom. The number of benzene rings is 1. The Labute approximate surface area is 149 Å². The number of carbonyl (C=O) groups excluding carboxylic acids is 2. The van der Waals surface area contributed by atoms with E-state index in [0.29, 0.717) is 21.6 Å². The maximum Gasteiger partial charge on any atom is 0.407 e. The SMILES string of the molecule is CC(C)(C)OC(=O)NCCC(Nc1ccc(Cl)c(Br)c1)C(N)=O. The van der Waals surface area contributed by atoms with Crippen LogP contribution in [0, 0.1) is 0 Å². The maximum atomic E-state index is 11.6. The highest BCUT2D eigenvalue weighted by atomic mass is 79.9. The van der Waals surface area contributed by atoms with Gasteiger partial charge in [-0.1, -0.05) is 11.6 Å². The molecule has 6 nitrogen and oxygen atoms in total. The van der Waals surface area contributed by atoms with Crippen molar-refractivity contribution in [3.63, 3.8) is 0 Å². The fourth-order valence-corrected chi connectivity index (χ4v) is 2.20. The first kappa shape index (κ1) is 19.6. The van der Waals surface area contributed by atoms with Crippen molar-refractivity contribution >= 4 is 45.2 Å². The van der Waals surface area contributed by atoms with Gasteiger partial charge in [0, 0.05) is 16.7 Å². The minimum Gasteiger partial charge on any atom is -0.444 e. The molecule has 2 amide bonds.